The molecule has 0 aliphatic carbocycles. The van der Waals surface area contributed by atoms with Crippen LogP contribution in [0.1, 0.15) is 21.5 Å². The molecule has 1 heterocycles. The Bertz CT molecular complexity index is 962. The van der Waals surface area contributed by atoms with E-state index in [0.29, 0.717) is 11.3 Å². The van der Waals surface area contributed by atoms with Gasteiger partial charge in [0.2, 0.25) is 0 Å². The van der Waals surface area contributed by atoms with Gasteiger partial charge in [0.15, 0.2) is 11.6 Å². The number of furan rings is 1. The maximum absolute atomic E-state index is 14.4. The number of carbonyl (C=O) groups is 1. The zero-order chi connectivity index (χ0) is 19.4. The number of rotatable bonds is 6. The van der Waals surface area contributed by atoms with Crippen molar-refractivity contribution < 1.29 is 22.8 Å². The molecule has 2 N–H and O–H groups in total. The second kappa shape index (κ2) is 8.32. The number of benzene rings is 2. The van der Waals surface area contributed by atoms with Crippen LogP contribution in [0.5, 0.6) is 0 Å². The summed E-state index contributed by atoms with van der Waals surface area (Å²) in [5, 5.41) is 2.79. The van der Waals surface area contributed by atoms with Crippen molar-refractivity contribution in [1.82, 2.24) is 5.48 Å². The van der Waals surface area contributed by atoms with Gasteiger partial charge in [-0.1, -0.05) is 15.9 Å². The lowest BCUT2D eigenvalue weighted by atomic mass is 10.1. The van der Waals surface area contributed by atoms with Gasteiger partial charge in [0.1, 0.15) is 6.61 Å². The van der Waals surface area contributed by atoms with Gasteiger partial charge in [0, 0.05) is 15.7 Å². The van der Waals surface area contributed by atoms with E-state index >= 15 is 0 Å². The summed E-state index contributed by atoms with van der Waals surface area (Å²) in [4.78, 5) is 17.5. The standard InChI is InChI=1S/C19H15BrF2N2O3/c1-11-8-13(20)2-5-16(11)23-18-14(3-4-15(21)17(18)22)19(25)24-27-10-12-6-7-26-9-12/h2-9,23H,10H2,1H3,(H,24,25). The quantitative estimate of drug-likeness (QED) is 0.519. The van der Waals surface area contributed by atoms with Crippen molar-refractivity contribution >= 4 is 33.2 Å². The van der Waals surface area contributed by atoms with E-state index < -0.39 is 17.5 Å². The zero-order valence-corrected chi connectivity index (χ0v) is 15.8. The number of amides is 1. The molecule has 3 aromatic rings. The molecule has 8 heteroatoms. The number of aryl methyl sites for hydroxylation is 1. The highest BCUT2D eigenvalue weighted by Crippen LogP contribution is 2.29. The first kappa shape index (κ1) is 19.1. The van der Waals surface area contributed by atoms with E-state index in [0.717, 1.165) is 16.1 Å². The fraction of sp³-hybridized carbons (Fsp3) is 0.105. The number of halogens is 3. The molecule has 5 nitrogen and oxygen atoms in total. The van der Waals surface area contributed by atoms with Crippen LogP contribution in [-0.4, -0.2) is 5.91 Å². The molecule has 2 aromatic carbocycles. The Morgan fingerprint density at radius 3 is 2.74 bits per heavy atom. The molecule has 27 heavy (non-hydrogen) atoms. The summed E-state index contributed by atoms with van der Waals surface area (Å²) < 4.78 is 33.9. The average Bonchev–Trinajstić information content (AvgIpc) is 3.14. The van der Waals surface area contributed by atoms with Crippen molar-refractivity contribution in [2.24, 2.45) is 0 Å². The van der Waals surface area contributed by atoms with Gasteiger partial charge in [-0.15, -0.1) is 0 Å². The largest absolute Gasteiger partial charge is 0.472 e. The molecule has 140 valence electrons. The third-order valence-corrected chi connectivity index (χ3v) is 4.26. The van der Waals surface area contributed by atoms with Crippen LogP contribution in [0.25, 0.3) is 0 Å². The smallest absolute Gasteiger partial charge is 0.277 e. The minimum Gasteiger partial charge on any atom is -0.472 e. The minimum atomic E-state index is -1.15. The van der Waals surface area contributed by atoms with E-state index in [1.807, 2.05) is 6.07 Å². The maximum Gasteiger partial charge on any atom is 0.277 e. The van der Waals surface area contributed by atoms with Crippen LogP contribution in [0.4, 0.5) is 20.2 Å². The van der Waals surface area contributed by atoms with Crippen molar-refractivity contribution in [3.63, 3.8) is 0 Å². The van der Waals surface area contributed by atoms with Crippen molar-refractivity contribution in [3.8, 4) is 0 Å². The lowest BCUT2D eigenvalue weighted by Crippen LogP contribution is -2.25. The number of hydroxylamine groups is 1. The fourth-order valence-corrected chi connectivity index (χ4v) is 2.85. The van der Waals surface area contributed by atoms with E-state index in [-0.39, 0.29) is 17.9 Å². The highest BCUT2D eigenvalue weighted by Gasteiger charge is 2.20. The lowest BCUT2D eigenvalue weighted by molar-refractivity contribution is 0.0232. The van der Waals surface area contributed by atoms with Gasteiger partial charge in [-0.25, -0.2) is 14.3 Å². The van der Waals surface area contributed by atoms with Crippen molar-refractivity contribution in [3.05, 3.63) is 81.7 Å². The molecule has 0 spiro atoms. The number of carbonyl (C=O) groups excluding carboxylic acids is 1. The molecular weight excluding hydrogens is 422 g/mol. The Morgan fingerprint density at radius 2 is 2.04 bits per heavy atom. The molecule has 0 bridgehead atoms. The van der Waals surface area contributed by atoms with Crippen molar-refractivity contribution in [2.45, 2.75) is 13.5 Å². The summed E-state index contributed by atoms with van der Waals surface area (Å²) in [5.41, 5.74) is 3.89. The molecule has 0 aliphatic heterocycles. The van der Waals surface area contributed by atoms with E-state index in [2.05, 4.69) is 26.7 Å². The molecule has 0 saturated heterocycles. The normalized spacial score (nSPS) is 10.7. The van der Waals surface area contributed by atoms with Gasteiger partial charge in [0.25, 0.3) is 5.91 Å². The Kier molecular flexibility index (Phi) is 5.88. The molecule has 1 amide bonds. The van der Waals surface area contributed by atoms with E-state index in [4.69, 9.17) is 9.25 Å². The molecular formula is C19H15BrF2N2O3. The second-order valence-corrected chi connectivity index (χ2v) is 6.64. The summed E-state index contributed by atoms with van der Waals surface area (Å²) in [6.45, 7) is 1.87. The number of hydrogen-bond acceptors (Lipinski definition) is 4. The first-order valence-electron chi connectivity index (χ1n) is 7.90. The molecule has 3 rings (SSSR count). The van der Waals surface area contributed by atoms with Crippen molar-refractivity contribution in [2.75, 3.05) is 5.32 Å². The summed E-state index contributed by atoms with van der Waals surface area (Å²) in [6, 6.07) is 9.01. The maximum atomic E-state index is 14.4. The Labute approximate surface area is 162 Å². The lowest BCUT2D eigenvalue weighted by Gasteiger charge is -2.15. The van der Waals surface area contributed by atoms with Crippen LogP contribution in [-0.2, 0) is 11.4 Å². The molecule has 0 atom stereocenters. The van der Waals surface area contributed by atoms with E-state index in [9.17, 15) is 13.6 Å². The first-order chi connectivity index (χ1) is 13.0. The average molecular weight is 437 g/mol. The van der Waals surface area contributed by atoms with Crippen LogP contribution in [0, 0.1) is 18.6 Å². The van der Waals surface area contributed by atoms with Gasteiger partial charge in [-0.2, -0.15) is 0 Å². The van der Waals surface area contributed by atoms with Crippen molar-refractivity contribution in [1.29, 1.82) is 0 Å². The van der Waals surface area contributed by atoms with Crippen LogP contribution in [0.2, 0.25) is 0 Å². The predicted octanol–water partition coefficient (Wildman–Crippen LogP) is 5.23. The summed E-state index contributed by atoms with van der Waals surface area (Å²) in [5.74, 6) is -2.93. The van der Waals surface area contributed by atoms with Crippen LogP contribution in [0.3, 0.4) is 0 Å². The third kappa shape index (κ3) is 4.53. The topological polar surface area (TPSA) is 63.5 Å². The molecule has 0 saturated carbocycles. The van der Waals surface area contributed by atoms with Crippen LogP contribution < -0.4 is 10.8 Å². The van der Waals surface area contributed by atoms with E-state index in [1.165, 1.54) is 18.6 Å². The van der Waals surface area contributed by atoms with Gasteiger partial charge < -0.3 is 9.73 Å². The molecule has 0 unspecified atom stereocenters. The molecule has 0 aliphatic rings. The SMILES string of the molecule is Cc1cc(Br)ccc1Nc1c(C(=O)NOCc2ccoc2)ccc(F)c1F. The Balaban J connectivity index is 1.82. The van der Waals surface area contributed by atoms with Gasteiger partial charge >= 0.3 is 0 Å². The Hall–Kier alpha value is -2.71. The number of anilines is 2. The second-order valence-electron chi connectivity index (χ2n) is 5.72. The minimum absolute atomic E-state index is 0.0699. The number of nitrogens with one attached hydrogen (secondary N) is 2. The highest BCUT2D eigenvalue weighted by molar-refractivity contribution is 9.10. The summed E-state index contributed by atoms with van der Waals surface area (Å²) in [7, 11) is 0. The fourth-order valence-electron chi connectivity index (χ4n) is 2.38. The third-order valence-electron chi connectivity index (χ3n) is 3.77. The first-order valence-corrected chi connectivity index (χ1v) is 8.69. The predicted molar refractivity (Wildman–Crippen MR) is 99.5 cm³/mol. The van der Waals surface area contributed by atoms with Gasteiger partial charge in [-0.3, -0.25) is 9.63 Å². The van der Waals surface area contributed by atoms with Gasteiger partial charge in [0.05, 0.1) is 23.8 Å². The Morgan fingerprint density at radius 1 is 1.22 bits per heavy atom. The summed E-state index contributed by atoms with van der Waals surface area (Å²) in [6.07, 6.45) is 2.94. The number of hydrogen-bond donors (Lipinski definition) is 2. The highest BCUT2D eigenvalue weighted by atomic mass is 79.9. The zero-order valence-electron chi connectivity index (χ0n) is 14.2. The van der Waals surface area contributed by atoms with E-state index in [1.54, 1.807) is 25.1 Å². The summed E-state index contributed by atoms with van der Waals surface area (Å²) >= 11 is 3.34. The molecule has 1 aromatic heterocycles. The van der Waals surface area contributed by atoms with Crippen LogP contribution >= 0.6 is 15.9 Å². The van der Waals surface area contributed by atoms with Crippen LogP contribution in [0.15, 0.2) is 57.8 Å². The monoisotopic (exact) mass is 436 g/mol. The van der Waals surface area contributed by atoms with Gasteiger partial charge in [-0.05, 0) is 48.9 Å². The molecule has 0 radical (unpaired) electrons. The molecule has 0 fully saturated rings.